The van der Waals surface area contributed by atoms with Crippen LogP contribution in [0.3, 0.4) is 0 Å². The summed E-state index contributed by atoms with van der Waals surface area (Å²) in [7, 11) is 0. The molecule has 0 saturated carbocycles. The summed E-state index contributed by atoms with van der Waals surface area (Å²) in [5, 5.41) is 3.64. The topological polar surface area (TPSA) is 42.0 Å². The average Bonchev–Trinajstić information content (AvgIpc) is 3.22. The summed E-state index contributed by atoms with van der Waals surface area (Å²) in [6, 6.07) is 29.7. The first-order valence-corrected chi connectivity index (χ1v) is 10.7. The Morgan fingerprint density at radius 3 is 2.13 bits per heavy atom. The SMILES string of the molecule is CCc1sc(NC(=O)/C(=C\c2ccccc2)c2ccccc2)nc1-c1ccccc1. The van der Waals surface area contributed by atoms with E-state index in [4.69, 9.17) is 4.98 Å². The largest absolute Gasteiger partial charge is 0.298 e. The number of aromatic nitrogens is 1. The third-order valence-electron chi connectivity index (χ3n) is 4.73. The van der Waals surface area contributed by atoms with Crippen LogP contribution < -0.4 is 5.32 Å². The van der Waals surface area contributed by atoms with E-state index >= 15 is 0 Å². The highest BCUT2D eigenvalue weighted by Crippen LogP contribution is 2.32. The summed E-state index contributed by atoms with van der Waals surface area (Å²) in [4.78, 5) is 19.1. The van der Waals surface area contributed by atoms with Gasteiger partial charge >= 0.3 is 0 Å². The Morgan fingerprint density at radius 1 is 0.900 bits per heavy atom. The van der Waals surface area contributed by atoms with Gasteiger partial charge in [-0.3, -0.25) is 10.1 Å². The molecule has 1 amide bonds. The van der Waals surface area contributed by atoms with Crippen molar-refractivity contribution in [3.8, 4) is 11.3 Å². The summed E-state index contributed by atoms with van der Waals surface area (Å²) in [6.07, 6.45) is 2.78. The first-order chi connectivity index (χ1) is 14.7. The zero-order valence-electron chi connectivity index (χ0n) is 16.7. The lowest BCUT2D eigenvalue weighted by atomic mass is 10.0. The van der Waals surface area contributed by atoms with E-state index in [0.717, 1.165) is 33.7 Å². The lowest BCUT2D eigenvalue weighted by Gasteiger charge is -2.08. The number of carbonyl (C=O) groups excluding carboxylic acids is 1. The molecule has 0 aliphatic heterocycles. The summed E-state index contributed by atoms with van der Waals surface area (Å²) in [5.74, 6) is -0.166. The molecule has 4 aromatic rings. The fourth-order valence-electron chi connectivity index (χ4n) is 3.24. The molecule has 1 aromatic heterocycles. The van der Waals surface area contributed by atoms with Gasteiger partial charge in [0.05, 0.1) is 5.69 Å². The summed E-state index contributed by atoms with van der Waals surface area (Å²) in [6.45, 7) is 2.11. The maximum atomic E-state index is 13.3. The Balaban J connectivity index is 1.67. The van der Waals surface area contributed by atoms with E-state index in [0.29, 0.717) is 10.7 Å². The van der Waals surface area contributed by atoms with Crippen molar-refractivity contribution in [1.82, 2.24) is 4.98 Å². The van der Waals surface area contributed by atoms with E-state index < -0.39 is 0 Å². The molecular weight excluding hydrogens is 388 g/mol. The predicted octanol–water partition coefficient (Wildman–Crippen LogP) is 6.55. The van der Waals surface area contributed by atoms with Crippen LogP contribution in [0.2, 0.25) is 0 Å². The highest BCUT2D eigenvalue weighted by Gasteiger charge is 2.17. The summed E-state index contributed by atoms with van der Waals surface area (Å²) in [5.41, 5.74) is 4.46. The Morgan fingerprint density at radius 2 is 1.50 bits per heavy atom. The maximum absolute atomic E-state index is 13.3. The van der Waals surface area contributed by atoms with Crippen LogP contribution in [0.15, 0.2) is 91.0 Å². The predicted molar refractivity (Wildman–Crippen MR) is 126 cm³/mol. The van der Waals surface area contributed by atoms with Crippen LogP contribution in [0.25, 0.3) is 22.9 Å². The van der Waals surface area contributed by atoms with Gasteiger partial charge < -0.3 is 0 Å². The highest BCUT2D eigenvalue weighted by molar-refractivity contribution is 7.16. The molecule has 0 unspecified atom stereocenters. The van der Waals surface area contributed by atoms with Gasteiger partial charge in [-0.1, -0.05) is 97.9 Å². The van der Waals surface area contributed by atoms with Gasteiger partial charge in [-0.2, -0.15) is 0 Å². The molecule has 0 atom stereocenters. The second-order valence-corrected chi connectivity index (χ2v) is 7.88. The van der Waals surface area contributed by atoms with Crippen molar-refractivity contribution in [2.45, 2.75) is 13.3 Å². The van der Waals surface area contributed by atoms with Gasteiger partial charge in [-0.25, -0.2) is 4.98 Å². The van der Waals surface area contributed by atoms with Crippen LogP contribution in [0.5, 0.6) is 0 Å². The van der Waals surface area contributed by atoms with Crippen LogP contribution in [0.1, 0.15) is 22.9 Å². The van der Waals surface area contributed by atoms with Crippen LogP contribution in [0, 0.1) is 0 Å². The van der Waals surface area contributed by atoms with Gasteiger partial charge in [0.1, 0.15) is 0 Å². The average molecular weight is 411 g/mol. The number of benzene rings is 3. The minimum absolute atomic E-state index is 0.166. The number of hydrogen-bond donors (Lipinski definition) is 1. The lowest BCUT2D eigenvalue weighted by molar-refractivity contribution is -0.111. The fourth-order valence-corrected chi connectivity index (χ4v) is 4.16. The molecule has 1 heterocycles. The van der Waals surface area contributed by atoms with Crippen LogP contribution in [-0.2, 0) is 11.2 Å². The van der Waals surface area contributed by atoms with Gasteiger partial charge in [0.2, 0.25) is 0 Å². The minimum Gasteiger partial charge on any atom is -0.298 e. The molecule has 0 aliphatic rings. The van der Waals surface area contributed by atoms with E-state index in [1.54, 1.807) is 0 Å². The normalized spacial score (nSPS) is 11.3. The molecule has 0 saturated heterocycles. The van der Waals surface area contributed by atoms with E-state index in [1.165, 1.54) is 11.3 Å². The van der Waals surface area contributed by atoms with Gasteiger partial charge in [0, 0.05) is 16.0 Å². The Bertz CT molecular complexity index is 1150. The number of aryl methyl sites for hydroxylation is 1. The van der Waals surface area contributed by atoms with Crippen molar-refractivity contribution in [3.63, 3.8) is 0 Å². The molecule has 0 fully saturated rings. The molecule has 0 spiro atoms. The van der Waals surface area contributed by atoms with Crippen molar-refractivity contribution in [1.29, 1.82) is 0 Å². The van der Waals surface area contributed by atoms with Crippen LogP contribution >= 0.6 is 11.3 Å². The van der Waals surface area contributed by atoms with Crippen molar-refractivity contribution in [2.24, 2.45) is 0 Å². The van der Waals surface area contributed by atoms with Crippen molar-refractivity contribution >= 4 is 34.0 Å². The third kappa shape index (κ3) is 4.56. The number of amides is 1. The first-order valence-electron chi connectivity index (χ1n) is 9.93. The number of anilines is 1. The Labute approximate surface area is 180 Å². The monoisotopic (exact) mass is 410 g/mol. The number of nitrogens with one attached hydrogen (secondary N) is 1. The Kier molecular flexibility index (Phi) is 6.16. The number of thiazole rings is 1. The number of nitrogens with zero attached hydrogens (tertiary/aromatic N) is 1. The fraction of sp³-hybridized carbons (Fsp3) is 0.0769. The molecule has 4 rings (SSSR count). The van der Waals surface area contributed by atoms with E-state index in [9.17, 15) is 4.79 Å². The molecular formula is C26H22N2OS. The third-order valence-corrected chi connectivity index (χ3v) is 5.84. The molecule has 30 heavy (non-hydrogen) atoms. The standard InChI is InChI=1S/C26H22N2OS/c1-2-23-24(21-16-10-5-11-17-21)27-26(30-23)28-25(29)22(20-14-8-4-9-15-20)18-19-12-6-3-7-13-19/h3-18H,2H2,1H3,(H,27,28,29)/b22-18-. The van der Waals surface area contributed by atoms with Crippen LogP contribution in [0.4, 0.5) is 5.13 Å². The van der Waals surface area contributed by atoms with Gasteiger partial charge in [-0.15, -0.1) is 11.3 Å². The lowest BCUT2D eigenvalue weighted by Crippen LogP contribution is -2.13. The van der Waals surface area contributed by atoms with E-state index in [1.807, 2.05) is 97.1 Å². The zero-order valence-corrected chi connectivity index (χ0v) is 17.5. The quantitative estimate of drug-likeness (QED) is 0.289. The molecule has 0 radical (unpaired) electrons. The summed E-state index contributed by atoms with van der Waals surface area (Å²) >= 11 is 1.53. The second-order valence-electron chi connectivity index (χ2n) is 6.80. The molecule has 0 aliphatic carbocycles. The van der Waals surface area contributed by atoms with Gasteiger partial charge in [0.15, 0.2) is 5.13 Å². The van der Waals surface area contributed by atoms with E-state index in [2.05, 4.69) is 12.2 Å². The molecule has 1 N–H and O–H groups in total. The smallest absolute Gasteiger partial charge is 0.258 e. The number of rotatable bonds is 6. The first kappa shape index (κ1) is 19.8. The molecule has 4 heteroatoms. The van der Waals surface area contributed by atoms with Gasteiger partial charge in [0.25, 0.3) is 5.91 Å². The van der Waals surface area contributed by atoms with Crippen LogP contribution in [-0.4, -0.2) is 10.9 Å². The molecule has 3 aromatic carbocycles. The molecule has 148 valence electrons. The van der Waals surface area contributed by atoms with Crippen molar-refractivity contribution in [3.05, 3.63) is 107 Å². The summed E-state index contributed by atoms with van der Waals surface area (Å²) < 4.78 is 0. The van der Waals surface area contributed by atoms with Gasteiger partial charge in [-0.05, 0) is 23.6 Å². The molecule has 0 bridgehead atoms. The molecule has 3 nitrogen and oxygen atoms in total. The van der Waals surface area contributed by atoms with Crippen molar-refractivity contribution in [2.75, 3.05) is 5.32 Å². The Hall–Kier alpha value is -3.50. The second kappa shape index (κ2) is 9.33. The highest BCUT2D eigenvalue weighted by atomic mass is 32.1. The zero-order chi connectivity index (χ0) is 20.8. The van der Waals surface area contributed by atoms with E-state index in [-0.39, 0.29) is 5.91 Å². The van der Waals surface area contributed by atoms with Crippen molar-refractivity contribution < 1.29 is 4.79 Å². The minimum atomic E-state index is -0.166. The number of carbonyl (C=O) groups is 1. The number of hydrogen-bond acceptors (Lipinski definition) is 3. The maximum Gasteiger partial charge on any atom is 0.258 e.